The summed E-state index contributed by atoms with van der Waals surface area (Å²) in [5.74, 6) is -0.222. The molecule has 1 amide bonds. The number of carbonyl (C=O) groups is 1. The minimum absolute atomic E-state index is 0.152. The zero-order chi connectivity index (χ0) is 16.4. The van der Waals surface area contributed by atoms with Crippen molar-refractivity contribution < 1.29 is 4.79 Å². The number of H-pyrrole nitrogens is 1. The summed E-state index contributed by atoms with van der Waals surface area (Å²) in [4.78, 5) is 41.3. The number of fused-ring (bicyclic) bond motifs is 1. The van der Waals surface area contributed by atoms with Crippen molar-refractivity contribution in [3.05, 3.63) is 45.1 Å². The summed E-state index contributed by atoms with van der Waals surface area (Å²) in [5, 5.41) is 3.66. The van der Waals surface area contributed by atoms with Gasteiger partial charge in [0.25, 0.3) is 5.56 Å². The summed E-state index contributed by atoms with van der Waals surface area (Å²) in [6.45, 7) is 1.51. The van der Waals surface area contributed by atoms with Gasteiger partial charge in [0.05, 0.1) is 10.9 Å². The van der Waals surface area contributed by atoms with Crippen LogP contribution < -0.4 is 16.6 Å². The molecule has 0 aliphatic carbocycles. The summed E-state index contributed by atoms with van der Waals surface area (Å²) in [6, 6.07) is 6.95. The smallest absolute Gasteiger partial charge is 0.329 e. The second-order valence-electron chi connectivity index (χ2n) is 5.85. The number of para-hydroxylation sites is 1. The Hall–Kier alpha value is -2.41. The highest BCUT2D eigenvalue weighted by Crippen LogP contribution is 2.10. The van der Waals surface area contributed by atoms with Gasteiger partial charge in [-0.15, -0.1) is 0 Å². The number of aromatic nitrogens is 2. The van der Waals surface area contributed by atoms with Crippen LogP contribution in [-0.2, 0) is 11.3 Å². The Balaban J connectivity index is 1.87. The molecule has 0 unspecified atom stereocenters. The van der Waals surface area contributed by atoms with E-state index < -0.39 is 11.2 Å². The van der Waals surface area contributed by atoms with Crippen LogP contribution in [0.1, 0.15) is 12.8 Å². The number of carbonyl (C=O) groups excluding carboxylic acids is 1. The number of nitrogens with zero attached hydrogens (tertiary/aromatic N) is 2. The fourth-order valence-corrected chi connectivity index (χ4v) is 2.99. The number of piperidine rings is 1. The minimum atomic E-state index is -0.555. The number of rotatable bonds is 3. The Kier molecular flexibility index (Phi) is 4.29. The van der Waals surface area contributed by atoms with Gasteiger partial charge in [0.15, 0.2) is 0 Å². The highest BCUT2D eigenvalue weighted by Gasteiger charge is 2.23. The van der Waals surface area contributed by atoms with Crippen LogP contribution in [0.15, 0.2) is 33.9 Å². The fourth-order valence-electron chi connectivity index (χ4n) is 2.99. The summed E-state index contributed by atoms with van der Waals surface area (Å²) in [5.41, 5.74) is -0.505. The van der Waals surface area contributed by atoms with Gasteiger partial charge in [-0.1, -0.05) is 12.1 Å². The Bertz CT molecular complexity index is 833. The van der Waals surface area contributed by atoms with E-state index in [4.69, 9.17) is 0 Å². The predicted octanol–water partition coefficient (Wildman–Crippen LogP) is -0.0998. The molecule has 2 heterocycles. The van der Waals surface area contributed by atoms with Crippen LogP contribution in [0.3, 0.4) is 0 Å². The molecule has 2 aromatic rings. The van der Waals surface area contributed by atoms with Crippen LogP contribution in [0.2, 0.25) is 0 Å². The third-order valence-corrected chi connectivity index (χ3v) is 4.43. The molecular weight excluding hydrogens is 296 g/mol. The molecule has 1 fully saturated rings. The summed E-state index contributed by atoms with van der Waals surface area (Å²) >= 11 is 0. The standard InChI is InChI=1S/C16H20N4O3/c1-19(11-6-8-17-9-7-11)14(21)10-20-15(22)12-4-2-3-5-13(12)18-16(20)23/h2-5,11,17H,6-10H2,1H3,(H,18,23). The molecule has 7 nitrogen and oxygen atoms in total. The molecule has 122 valence electrons. The molecule has 1 aliphatic rings. The fraction of sp³-hybridized carbons (Fsp3) is 0.438. The van der Waals surface area contributed by atoms with Crippen molar-refractivity contribution in [3.63, 3.8) is 0 Å². The lowest BCUT2D eigenvalue weighted by Crippen LogP contribution is -2.47. The first-order valence-electron chi connectivity index (χ1n) is 7.76. The first kappa shape index (κ1) is 15.5. The largest absolute Gasteiger partial charge is 0.341 e. The van der Waals surface area contributed by atoms with E-state index in [1.807, 2.05) is 0 Å². The number of nitrogens with one attached hydrogen (secondary N) is 2. The third kappa shape index (κ3) is 3.05. The maximum absolute atomic E-state index is 12.4. The van der Waals surface area contributed by atoms with E-state index in [0.717, 1.165) is 30.5 Å². The molecule has 0 atom stereocenters. The van der Waals surface area contributed by atoms with E-state index in [9.17, 15) is 14.4 Å². The average molecular weight is 316 g/mol. The van der Waals surface area contributed by atoms with Crippen molar-refractivity contribution in [1.82, 2.24) is 19.8 Å². The van der Waals surface area contributed by atoms with Crippen molar-refractivity contribution >= 4 is 16.8 Å². The van der Waals surface area contributed by atoms with Gasteiger partial charge in [-0.05, 0) is 38.1 Å². The molecule has 1 aromatic heterocycles. The molecule has 1 aliphatic heterocycles. The van der Waals surface area contributed by atoms with E-state index in [1.54, 1.807) is 36.2 Å². The van der Waals surface area contributed by atoms with Gasteiger partial charge >= 0.3 is 5.69 Å². The lowest BCUT2D eigenvalue weighted by Gasteiger charge is -2.31. The van der Waals surface area contributed by atoms with Crippen LogP contribution in [-0.4, -0.2) is 46.5 Å². The lowest BCUT2D eigenvalue weighted by atomic mass is 10.1. The number of aromatic amines is 1. The lowest BCUT2D eigenvalue weighted by molar-refractivity contribution is -0.133. The molecule has 3 rings (SSSR count). The number of hydrogen-bond donors (Lipinski definition) is 2. The quantitative estimate of drug-likeness (QED) is 0.828. The van der Waals surface area contributed by atoms with Crippen molar-refractivity contribution in [3.8, 4) is 0 Å². The van der Waals surface area contributed by atoms with Crippen LogP contribution in [0.4, 0.5) is 0 Å². The van der Waals surface area contributed by atoms with E-state index in [1.165, 1.54) is 0 Å². The molecule has 1 saturated heterocycles. The molecule has 0 spiro atoms. The zero-order valence-electron chi connectivity index (χ0n) is 13.0. The van der Waals surface area contributed by atoms with Crippen molar-refractivity contribution in [2.45, 2.75) is 25.4 Å². The topological polar surface area (TPSA) is 87.2 Å². The molecule has 0 radical (unpaired) electrons. The molecule has 0 saturated carbocycles. The van der Waals surface area contributed by atoms with Gasteiger partial charge in [-0.2, -0.15) is 0 Å². The number of benzene rings is 1. The monoisotopic (exact) mass is 316 g/mol. The third-order valence-electron chi connectivity index (χ3n) is 4.43. The van der Waals surface area contributed by atoms with Gasteiger partial charge in [-0.25, -0.2) is 4.79 Å². The van der Waals surface area contributed by atoms with Gasteiger partial charge in [0.1, 0.15) is 6.54 Å². The normalized spacial score (nSPS) is 15.7. The second kappa shape index (κ2) is 6.37. The maximum Gasteiger partial charge on any atom is 0.329 e. The first-order chi connectivity index (χ1) is 11.1. The van der Waals surface area contributed by atoms with Crippen LogP contribution in [0.25, 0.3) is 10.9 Å². The SMILES string of the molecule is CN(C(=O)Cn1c(=O)[nH]c2ccccc2c1=O)C1CCNCC1. The maximum atomic E-state index is 12.4. The molecule has 0 bridgehead atoms. The molecule has 1 aromatic carbocycles. The number of hydrogen-bond acceptors (Lipinski definition) is 4. The molecule has 23 heavy (non-hydrogen) atoms. The van der Waals surface area contributed by atoms with Crippen LogP contribution in [0, 0.1) is 0 Å². The predicted molar refractivity (Wildman–Crippen MR) is 87.5 cm³/mol. The zero-order valence-corrected chi connectivity index (χ0v) is 13.0. The summed E-state index contributed by atoms with van der Waals surface area (Å²) < 4.78 is 0.974. The average Bonchev–Trinajstić information content (AvgIpc) is 2.58. The van der Waals surface area contributed by atoms with Crippen LogP contribution >= 0.6 is 0 Å². The van der Waals surface area contributed by atoms with Gasteiger partial charge in [0.2, 0.25) is 5.91 Å². The second-order valence-corrected chi connectivity index (χ2v) is 5.85. The number of likely N-dealkylation sites (N-methyl/N-ethyl adjacent to an activating group) is 1. The number of amides is 1. The van der Waals surface area contributed by atoms with E-state index >= 15 is 0 Å². The Labute approximate surface area is 132 Å². The Morgan fingerprint density at radius 3 is 2.70 bits per heavy atom. The molecule has 7 heteroatoms. The van der Waals surface area contributed by atoms with Crippen molar-refractivity contribution in [2.75, 3.05) is 20.1 Å². The van der Waals surface area contributed by atoms with E-state index in [0.29, 0.717) is 10.9 Å². The van der Waals surface area contributed by atoms with Crippen LogP contribution in [0.5, 0.6) is 0 Å². The summed E-state index contributed by atoms with van der Waals surface area (Å²) in [6.07, 6.45) is 1.76. The van der Waals surface area contributed by atoms with E-state index in [2.05, 4.69) is 10.3 Å². The van der Waals surface area contributed by atoms with E-state index in [-0.39, 0.29) is 18.5 Å². The molecule has 2 N–H and O–H groups in total. The van der Waals surface area contributed by atoms with Crippen molar-refractivity contribution in [1.29, 1.82) is 0 Å². The van der Waals surface area contributed by atoms with Gasteiger partial charge < -0.3 is 15.2 Å². The first-order valence-corrected chi connectivity index (χ1v) is 7.76. The minimum Gasteiger partial charge on any atom is -0.341 e. The highest BCUT2D eigenvalue weighted by atomic mass is 16.2. The summed E-state index contributed by atoms with van der Waals surface area (Å²) in [7, 11) is 1.73. The highest BCUT2D eigenvalue weighted by molar-refractivity contribution is 5.79. The molecular formula is C16H20N4O3. The Morgan fingerprint density at radius 1 is 1.26 bits per heavy atom. The van der Waals surface area contributed by atoms with Gasteiger partial charge in [-0.3, -0.25) is 14.2 Å². The Morgan fingerprint density at radius 2 is 1.96 bits per heavy atom. The van der Waals surface area contributed by atoms with Gasteiger partial charge in [0, 0.05) is 13.1 Å². The van der Waals surface area contributed by atoms with Crippen molar-refractivity contribution in [2.24, 2.45) is 0 Å².